The van der Waals surface area contributed by atoms with Crippen LogP contribution in [0.3, 0.4) is 0 Å². The van der Waals surface area contributed by atoms with E-state index in [2.05, 4.69) is 23.5 Å². The Bertz CT molecular complexity index is 2580. The van der Waals surface area contributed by atoms with Crippen molar-refractivity contribution >= 4 is 46.7 Å². The van der Waals surface area contributed by atoms with Gasteiger partial charge in [-0.2, -0.15) is 0 Å². The molecule has 0 radical (unpaired) electrons. The molecule has 0 spiro atoms. The van der Waals surface area contributed by atoms with E-state index in [0.717, 1.165) is 56.1 Å². The number of carbonyl (C=O) groups is 2. The van der Waals surface area contributed by atoms with Crippen LogP contribution in [0.5, 0.6) is 0 Å². The number of carbonyl (C=O) groups excluding carboxylic acids is 2. The maximum atomic E-state index is 14.4. The Labute approximate surface area is 314 Å². The molecule has 8 rings (SSSR count). The van der Waals surface area contributed by atoms with Crippen LogP contribution in [0.4, 0.5) is 11.4 Å². The van der Waals surface area contributed by atoms with Gasteiger partial charge in [0, 0.05) is 35.7 Å². The summed E-state index contributed by atoms with van der Waals surface area (Å²) in [5.74, 6) is -0.330. The molecule has 2 atom stereocenters. The van der Waals surface area contributed by atoms with Crippen molar-refractivity contribution in [3.63, 3.8) is 0 Å². The predicted molar refractivity (Wildman–Crippen MR) is 215 cm³/mol. The van der Waals surface area contributed by atoms with E-state index in [1.54, 1.807) is 48.0 Å². The molecule has 2 unspecified atom stereocenters. The second-order valence-electron chi connectivity index (χ2n) is 14.6. The lowest BCUT2D eigenvalue weighted by Crippen LogP contribution is -2.55. The number of fused-ring (bicyclic) bond motifs is 5. The fraction of sp³-hybridized carbons (Fsp3) is 0.196. The number of nitrogens with one attached hydrogen (secondary N) is 2. The van der Waals surface area contributed by atoms with Crippen molar-refractivity contribution in [3.05, 3.63) is 170 Å². The van der Waals surface area contributed by atoms with Crippen molar-refractivity contribution in [2.24, 2.45) is 5.73 Å². The first-order chi connectivity index (χ1) is 26.1. The fourth-order valence-corrected chi connectivity index (χ4v) is 8.21. The highest BCUT2D eigenvalue weighted by atomic mass is 16.3. The summed E-state index contributed by atoms with van der Waals surface area (Å²) in [6.07, 6.45) is 9.09. The summed E-state index contributed by atoms with van der Waals surface area (Å²) in [6.45, 7) is 2.18. The number of aliphatic hydroxyl groups is 1. The van der Waals surface area contributed by atoms with Crippen LogP contribution in [0, 0.1) is 15.8 Å². The van der Waals surface area contributed by atoms with Crippen LogP contribution >= 0.6 is 0 Å². The van der Waals surface area contributed by atoms with Crippen LogP contribution in [0.25, 0.3) is 17.7 Å². The Morgan fingerprint density at radius 3 is 2.39 bits per heavy atom. The summed E-state index contributed by atoms with van der Waals surface area (Å²) < 4.78 is 0. The van der Waals surface area contributed by atoms with Crippen LogP contribution in [-0.4, -0.2) is 46.3 Å². The number of rotatable bonds is 7. The van der Waals surface area contributed by atoms with Gasteiger partial charge in [0.15, 0.2) is 0 Å². The minimum absolute atomic E-state index is 0.0150. The molecule has 5 N–H and O–H groups in total. The summed E-state index contributed by atoms with van der Waals surface area (Å²) in [5.41, 5.74) is 12.2. The first kappa shape index (κ1) is 34.8. The number of anilines is 2. The van der Waals surface area contributed by atoms with Gasteiger partial charge in [-0.15, -0.1) is 0 Å². The van der Waals surface area contributed by atoms with Gasteiger partial charge in [0.25, 0.3) is 11.8 Å². The molecule has 2 aliphatic carbocycles. The lowest BCUT2D eigenvalue weighted by Gasteiger charge is -2.37. The van der Waals surface area contributed by atoms with Crippen molar-refractivity contribution in [1.29, 1.82) is 5.41 Å². The Kier molecular flexibility index (Phi) is 8.99. The third kappa shape index (κ3) is 6.28. The second-order valence-corrected chi connectivity index (χ2v) is 14.6. The quantitative estimate of drug-likeness (QED) is 0.129. The number of hydrogen-bond acceptors (Lipinski definition) is 5. The topological polar surface area (TPSA) is 123 Å². The molecule has 0 saturated carbocycles. The maximum absolute atomic E-state index is 14.4. The van der Waals surface area contributed by atoms with Crippen molar-refractivity contribution < 1.29 is 14.7 Å². The molecule has 8 nitrogen and oxygen atoms in total. The zero-order chi connectivity index (χ0) is 37.6. The fourth-order valence-electron chi connectivity index (χ4n) is 8.21. The van der Waals surface area contributed by atoms with E-state index in [9.17, 15) is 14.7 Å². The molecule has 2 amide bonds. The largest absolute Gasteiger partial charge is 0.384 e. The molecule has 0 bridgehead atoms. The van der Waals surface area contributed by atoms with Crippen LogP contribution in [-0.2, 0) is 24.2 Å². The molecule has 5 aromatic rings. The first-order valence-electron chi connectivity index (χ1n) is 18.4. The van der Waals surface area contributed by atoms with Gasteiger partial charge in [0.1, 0.15) is 17.5 Å². The van der Waals surface area contributed by atoms with Gasteiger partial charge in [-0.3, -0.25) is 15.0 Å². The Morgan fingerprint density at radius 2 is 1.61 bits per heavy atom. The monoisotopic (exact) mass is 713 g/mol. The molecule has 270 valence electrons. The molecule has 1 heterocycles. The molecule has 8 heteroatoms. The van der Waals surface area contributed by atoms with E-state index in [4.69, 9.17) is 11.1 Å². The number of nitrogen functional groups attached to an aromatic ring is 1. The molecular formula is C46H43N5O3. The summed E-state index contributed by atoms with van der Waals surface area (Å²) in [7, 11) is 1.74. The number of benzene rings is 5. The second kappa shape index (κ2) is 14.0. The normalized spacial score (nSPS) is 17.2. The van der Waals surface area contributed by atoms with Crippen molar-refractivity contribution in [3.8, 4) is 0 Å². The zero-order valence-electron chi connectivity index (χ0n) is 30.5. The molecule has 5 aromatic carbocycles. The van der Waals surface area contributed by atoms with Crippen LogP contribution in [0.15, 0.2) is 115 Å². The van der Waals surface area contributed by atoms with Crippen LogP contribution < -0.4 is 26.4 Å². The number of para-hydroxylation sites is 1. The van der Waals surface area contributed by atoms with E-state index >= 15 is 0 Å². The lowest BCUT2D eigenvalue weighted by atomic mass is 9.77. The van der Waals surface area contributed by atoms with E-state index in [0.29, 0.717) is 36.2 Å². The van der Waals surface area contributed by atoms with Gasteiger partial charge in [0.05, 0.1) is 6.54 Å². The lowest BCUT2D eigenvalue weighted by molar-refractivity contribution is -0.133. The highest BCUT2D eigenvalue weighted by Crippen LogP contribution is 2.35. The number of nitrogens with two attached hydrogens (primary N) is 1. The van der Waals surface area contributed by atoms with Crippen molar-refractivity contribution in [2.75, 3.05) is 17.3 Å². The van der Waals surface area contributed by atoms with Crippen molar-refractivity contribution in [1.82, 2.24) is 4.90 Å². The predicted octanol–water partition coefficient (Wildman–Crippen LogP) is 5.60. The van der Waals surface area contributed by atoms with Gasteiger partial charge >= 0.3 is 0 Å². The highest BCUT2D eigenvalue weighted by molar-refractivity contribution is 6.06. The maximum Gasteiger partial charge on any atom is 0.258 e. The summed E-state index contributed by atoms with van der Waals surface area (Å²) >= 11 is 0. The minimum Gasteiger partial charge on any atom is -0.384 e. The van der Waals surface area contributed by atoms with E-state index in [1.807, 2.05) is 85.1 Å². The Balaban J connectivity index is 1.16. The molecule has 0 fully saturated rings. The first-order valence-corrected chi connectivity index (χ1v) is 18.4. The van der Waals surface area contributed by atoms with Gasteiger partial charge in [-0.05, 0) is 130 Å². The highest BCUT2D eigenvalue weighted by Gasteiger charge is 2.44. The molecule has 0 aromatic heterocycles. The third-order valence-electron chi connectivity index (χ3n) is 11.2. The van der Waals surface area contributed by atoms with E-state index < -0.39 is 11.6 Å². The Hall–Kier alpha value is -6.25. The van der Waals surface area contributed by atoms with E-state index in [1.165, 1.54) is 11.1 Å². The average molecular weight is 714 g/mol. The van der Waals surface area contributed by atoms with Gasteiger partial charge in [0.2, 0.25) is 0 Å². The smallest absolute Gasteiger partial charge is 0.258 e. The molecule has 0 saturated heterocycles. The number of nitrogens with zero attached hydrogens (tertiary/aromatic N) is 2. The van der Waals surface area contributed by atoms with E-state index in [-0.39, 0.29) is 17.6 Å². The van der Waals surface area contributed by atoms with Crippen molar-refractivity contribution in [2.45, 2.75) is 50.8 Å². The molecule has 3 aliphatic rings. The summed E-state index contributed by atoms with van der Waals surface area (Å²) in [5, 5.41) is 28.0. The van der Waals surface area contributed by atoms with Crippen LogP contribution in [0.1, 0.15) is 57.9 Å². The number of amidine groups is 1. The summed E-state index contributed by atoms with van der Waals surface area (Å²) in [4.78, 5) is 31.3. The molecule has 54 heavy (non-hydrogen) atoms. The third-order valence-corrected chi connectivity index (χ3v) is 11.2. The summed E-state index contributed by atoms with van der Waals surface area (Å²) in [6, 6.07) is 34.1. The Morgan fingerprint density at radius 1 is 0.907 bits per heavy atom. The molecular weight excluding hydrogens is 671 g/mol. The number of amides is 2. The SMILES string of the molecule is CN(C(=O)c1ccc2c(c1)=CCc1c3c(ccc1=2)=C(C(C)(O)C1Nc2ccccc2CN(C=Cc2ccccc2)C1=O)CCC3)c1ccc(C(=N)N)cc1. The zero-order valence-corrected chi connectivity index (χ0v) is 30.5. The van der Waals surface area contributed by atoms with Gasteiger partial charge < -0.3 is 26.0 Å². The minimum atomic E-state index is -1.49. The molecule has 1 aliphatic heterocycles. The number of hydrogen-bond donors (Lipinski definition) is 4. The van der Waals surface area contributed by atoms with Gasteiger partial charge in [-0.25, -0.2) is 0 Å². The van der Waals surface area contributed by atoms with Gasteiger partial charge in [-0.1, -0.05) is 72.8 Å². The van der Waals surface area contributed by atoms with Crippen LogP contribution in [0.2, 0.25) is 0 Å². The standard InChI is InChI=1S/C46H43N5O3/c1-46(54,42-45(53)51(26-25-29-9-4-3-5-10-29)28-33-11-6-7-14-41(33)49-42)40-13-8-12-36-38-22-17-31-27-32(18-21-35(31)37(38)23-24-39(36)40)44(52)50(2)34-19-15-30(16-20-34)43(47)48/h3-7,9-11,14-21,23-27,42,49,54H,8,12-13,22,28H2,1-2H3,(H3,47,48). The average Bonchev–Trinajstić information content (AvgIpc) is 3.35.